The summed E-state index contributed by atoms with van der Waals surface area (Å²) >= 11 is 0. The lowest BCUT2D eigenvalue weighted by atomic mass is 10.0. The Balaban J connectivity index is 1.24. The molecule has 1 saturated heterocycles. The normalized spacial score (nSPS) is 15.8. The molecular weight excluding hydrogens is 480 g/mol. The summed E-state index contributed by atoms with van der Waals surface area (Å²) in [6.45, 7) is 9.72. The van der Waals surface area contributed by atoms with Gasteiger partial charge in [-0.3, -0.25) is 9.13 Å². The molecule has 2 aromatic carbocycles. The minimum Gasteiger partial charge on any atom is -0.497 e. The molecule has 1 fully saturated rings. The maximum Gasteiger partial charge on any atom is 0.329 e. The van der Waals surface area contributed by atoms with Crippen molar-refractivity contribution >= 4 is 11.0 Å². The van der Waals surface area contributed by atoms with Gasteiger partial charge in [0, 0.05) is 31.7 Å². The second-order valence-corrected chi connectivity index (χ2v) is 10.5. The zero-order valence-electron chi connectivity index (χ0n) is 22.8. The van der Waals surface area contributed by atoms with Crippen molar-refractivity contribution in [3.05, 3.63) is 76.9 Å². The van der Waals surface area contributed by atoms with Crippen molar-refractivity contribution in [2.24, 2.45) is 5.92 Å². The third-order valence-corrected chi connectivity index (χ3v) is 7.72. The van der Waals surface area contributed by atoms with Crippen molar-refractivity contribution in [1.29, 1.82) is 0 Å². The van der Waals surface area contributed by atoms with Gasteiger partial charge in [0.1, 0.15) is 30.4 Å². The number of benzene rings is 2. The Labute approximate surface area is 223 Å². The van der Waals surface area contributed by atoms with Gasteiger partial charge < -0.3 is 18.8 Å². The van der Waals surface area contributed by atoms with Crippen LogP contribution in [0.5, 0.6) is 11.5 Å². The molecule has 1 aliphatic heterocycles. The summed E-state index contributed by atoms with van der Waals surface area (Å²) in [7, 11) is 1.68. The van der Waals surface area contributed by atoms with Crippen LogP contribution in [0.4, 0.5) is 0 Å². The first-order chi connectivity index (χ1) is 18.4. The number of imidazole rings is 1. The minimum absolute atomic E-state index is 0.00443. The number of oxazole rings is 1. The van der Waals surface area contributed by atoms with E-state index in [0.29, 0.717) is 18.4 Å². The molecule has 0 saturated carbocycles. The van der Waals surface area contributed by atoms with Gasteiger partial charge in [-0.25, -0.2) is 9.78 Å². The quantitative estimate of drug-likeness (QED) is 0.284. The van der Waals surface area contributed by atoms with Crippen molar-refractivity contribution in [2.75, 3.05) is 26.7 Å². The van der Waals surface area contributed by atoms with Crippen LogP contribution in [0.25, 0.3) is 11.0 Å². The number of hydrogen-bond acceptors (Lipinski definition) is 6. The SMILES string of the molecule is COc1ccc(C)c(OC(CCN2CCC(n3c(=O)n(Cc4ncco4)c4ccccc43)CC2)C(C)C)c1. The largest absolute Gasteiger partial charge is 0.497 e. The number of hydrogen-bond donors (Lipinski definition) is 0. The van der Waals surface area contributed by atoms with Crippen molar-refractivity contribution < 1.29 is 13.9 Å². The maximum atomic E-state index is 13.5. The Kier molecular flexibility index (Phi) is 7.88. The monoisotopic (exact) mass is 518 g/mol. The van der Waals surface area contributed by atoms with Gasteiger partial charge in [0.05, 0.1) is 24.3 Å². The van der Waals surface area contributed by atoms with Crippen LogP contribution in [-0.2, 0) is 6.54 Å². The second-order valence-electron chi connectivity index (χ2n) is 10.5. The molecule has 0 aliphatic carbocycles. The first-order valence-corrected chi connectivity index (χ1v) is 13.6. The van der Waals surface area contributed by atoms with E-state index in [-0.39, 0.29) is 17.8 Å². The molecule has 4 aromatic rings. The Morgan fingerprint density at radius 1 is 1.11 bits per heavy atom. The van der Waals surface area contributed by atoms with E-state index in [1.807, 2.05) is 47.0 Å². The van der Waals surface area contributed by atoms with Crippen LogP contribution in [0.15, 0.2) is 64.1 Å². The van der Waals surface area contributed by atoms with E-state index in [0.717, 1.165) is 67.0 Å². The lowest BCUT2D eigenvalue weighted by Crippen LogP contribution is -2.40. The predicted octanol–water partition coefficient (Wildman–Crippen LogP) is 5.29. The lowest BCUT2D eigenvalue weighted by molar-refractivity contribution is 0.109. The number of methoxy groups -OCH3 is 1. The second kappa shape index (κ2) is 11.5. The summed E-state index contributed by atoms with van der Waals surface area (Å²) in [4.78, 5) is 20.3. The summed E-state index contributed by atoms with van der Waals surface area (Å²) in [6.07, 6.45) is 6.11. The van der Waals surface area contributed by atoms with Crippen LogP contribution in [0.2, 0.25) is 0 Å². The van der Waals surface area contributed by atoms with E-state index in [9.17, 15) is 4.79 Å². The van der Waals surface area contributed by atoms with E-state index in [2.05, 4.69) is 30.7 Å². The van der Waals surface area contributed by atoms with Crippen molar-refractivity contribution in [3.8, 4) is 11.5 Å². The van der Waals surface area contributed by atoms with Crippen molar-refractivity contribution in [2.45, 2.75) is 58.7 Å². The Hall–Kier alpha value is -3.52. The summed E-state index contributed by atoms with van der Waals surface area (Å²) in [5, 5.41) is 0. The van der Waals surface area contributed by atoms with E-state index in [4.69, 9.17) is 13.9 Å². The van der Waals surface area contributed by atoms with Crippen LogP contribution < -0.4 is 15.2 Å². The molecule has 0 spiro atoms. The molecule has 8 heteroatoms. The molecule has 1 aliphatic rings. The number of aromatic nitrogens is 3. The standard InChI is InChI=1S/C30H38N4O4/c1-21(2)27(38-28-19-24(36-4)10-9-22(28)3)13-17-32-15-11-23(12-16-32)34-26-8-6-5-7-25(26)33(30(34)35)20-29-31-14-18-37-29/h5-10,14,18-19,21,23,27H,11-13,15-17,20H2,1-4H3. The topological polar surface area (TPSA) is 74.7 Å². The molecule has 1 atom stereocenters. The van der Waals surface area contributed by atoms with Crippen LogP contribution in [-0.4, -0.2) is 51.9 Å². The number of ether oxygens (including phenoxy) is 2. The maximum absolute atomic E-state index is 13.5. The molecule has 202 valence electrons. The average molecular weight is 519 g/mol. The number of rotatable bonds is 10. The van der Waals surface area contributed by atoms with E-state index < -0.39 is 0 Å². The van der Waals surface area contributed by atoms with Gasteiger partial charge in [-0.05, 0) is 55.9 Å². The smallest absolute Gasteiger partial charge is 0.329 e. The molecule has 5 rings (SSSR count). The molecule has 1 unspecified atom stereocenters. The van der Waals surface area contributed by atoms with Crippen LogP contribution in [0.1, 0.15) is 50.6 Å². The highest BCUT2D eigenvalue weighted by Gasteiger charge is 2.26. The zero-order valence-corrected chi connectivity index (χ0v) is 22.8. The highest BCUT2D eigenvalue weighted by atomic mass is 16.5. The number of likely N-dealkylation sites (tertiary alicyclic amines) is 1. The Bertz CT molecular complexity index is 1400. The van der Waals surface area contributed by atoms with E-state index >= 15 is 0 Å². The van der Waals surface area contributed by atoms with Crippen LogP contribution in [0, 0.1) is 12.8 Å². The predicted molar refractivity (Wildman–Crippen MR) is 148 cm³/mol. The van der Waals surface area contributed by atoms with Gasteiger partial charge in [0.15, 0.2) is 0 Å². The van der Waals surface area contributed by atoms with Gasteiger partial charge in [-0.1, -0.05) is 32.0 Å². The fourth-order valence-corrected chi connectivity index (χ4v) is 5.44. The molecule has 0 radical (unpaired) electrons. The number of para-hydroxylation sites is 2. The Morgan fingerprint density at radius 2 is 1.87 bits per heavy atom. The molecule has 3 heterocycles. The fourth-order valence-electron chi connectivity index (χ4n) is 5.44. The third-order valence-electron chi connectivity index (χ3n) is 7.72. The van der Waals surface area contributed by atoms with E-state index in [1.54, 1.807) is 24.1 Å². The zero-order chi connectivity index (χ0) is 26.6. The molecule has 2 aromatic heterocycles. The first-order valence-electron chi connectivity index (χ1n) is 13.6. The van der Waals surface area contributed by atoms with E-state index in [1.165, 1.54) is 0 Å². The van der Waals surface area contributed by atoms with Gasteiger partial charge in [-0.2, -0.15) is 0 Å². The molecule has 0 bridgehead atoms. The van der Waals surface area contributed by atoms with Crippen LogP contribution in [0.3, 0.4) is 0 Å². The molecule has 0 amide bonds. The van der Waals surface area contributed by atoms with Gasteiger partial charge >= 0.3 is 5.69 Å². The van der Waals surface area contributed by atoms with Crippen LogP contribution >= 0.6 is 0 Å². The number of aryl methyl sites for hydroxylation is 1. The molecule has 8 nitrogen and oxygen atoms in total. The summed E-state index contributed by atoms with van der Waals surface area (Å²) in [5.74, 6) is 2.64. The average Bonchev–Trinajstić information content (AvgIpc) is 3.54. The van der Waals surface area contributed by atoms with Gasteiger partial charge in [0.25, 0.3) is 0 Å². The van der Waals surface area contributed by atoms with Gasteiger partial charge in [-0.15, -0.1) is 0 Å². The molecular formula is C30H38N4O4. The minimum atomic E-state index is 0.00443. The number of piperidine rings is 1. The van der Waals surface area contributed by atoms with Gasteiger partial charge in [0.2, 0.25) is 5.89 Å². The summed E-state index contributed by atoms with van der Waals surface area (Å²) < 4.78 is 21.1. The summed E-state index contributed by atoms with van der Waals surface area (Å²) in [5.41, 5.74) is 3.02. The number of nitrogens with zero attached hydrogens (tertiary/aromatic N) is 4. The highest BCUT2D eigenvalue weighted by Crippen LogP contribution is 2.29. The molecule has 0 N–H and O–H groups in total. The molecule has 38 heavy (non-hydrogen) atoms. The summed E-state index contributed by atoms with van der Waals surface area (Å²) in [6, 6.07) is 14.2. The van der Waals surface area contributed by atoms with Crippen molar-refractivity contribution in [3.63, 3.8) is 0 Å². The van der Waals surface area contributed by atoms with Crippen molar-refractivity contribution in [1.82, 2.24) is 19.0 Å². The lowest BCUT2D eigenvalue weighted by Gasteiger charge is -2.34. The Morgan fingerprint density at radius 3 is 2.55 bits per heavy atom. The number of fused-ring (bicyclic) bond motifs is 1. The highest BCUT2D eigenvalue weighted by molar-refractivity contribution is 5.76. The first kappa shape index (κ1) is 26.1. The third kappa shape index (κ3) is 5.50. The fraction of sp³-hybridized carbons (Fsp3) is 0.467.